The minimum Gasteiger partial charge on any atom is -0.494 e. The van der Waals surface area contributed by atoms with E-state index in [0.717, 1.165) is 24.2 Å². The Labute approximate surface area is 153 Å². The van der Waals surface area contributed by atoms with Crippen LogP contribution in [-0.4, -0.2) is 28.7 Å². The number of nitrogens with zero attached hydrogens (tertiary/aromatic N) is 2. The smallest absolute Gasteiger partial charge is 0.219 e. The molecule has 1 aliphatic carbocycles. The summed E-state index contributed by atoms with van der Waals surface area (Å²) in [5.74, 6) is 2.36. The first kappa shape index (κ1) is 18.2. The topological polar surface area (TPSA) is 76.0 Å². The summed E-state index contributed by atoms with van der Waals surface area (Å²) < 4.78 is 11.2. The number of amidine groups is 1. The number of hydroxylamine groups is 1. The molecule has 1 saturated carbocycles. The van der Waals surface area contributed by atoms with Gasteiger partial charge in [0.05, 0.1) is 12.6 Å². The molecule has 1 heterocycles. The molecule has 0 amide bonds. The first-order chi connectivity index (χ1) is 12.8. The average Bonchev–Trinajstić information content (AvgIpc) is 2.69. The summed E-state index contributed by atoms with van der Waals surface area (Å²) in [5.41, 5.74) is 2.97. The summed E-state index contributed by atoms with van der Waals surface area (Å²) in [6, 6.07) is 11.2. The van der Waals surface area contributed by atoms with Crippen molar-refractivity contribution >= 4 is 5.84 Å². The second kappa shape index (κ2) is 9.20. The second-order valence-corrected chi connectivity index (χ2v) is 6.27. The molecule has 6 heteroatoms. The van der Waals surface area contributed by atoms with E-state index in [1.807, 2.05) is 31.2 Å². The molecule has 1 fully saturated rings. The van der Waals surface area contributed by atoms with Gasteiger partial charge in [0.15, 0.2) is 5.84 Å². The highest BCUT2D eigenvalue weighted by molar-refractivity contribution is 5.98. The van der Waals surface area contributed by atoms with Crippen LogP contribution in [0.4, 0.5) is 0 Å². The maximum atomic E-state index is 9.52. The van der Waals surface area contributed by atoms with Gasteiger partial charge in [-0.2, -0.15) is 0 Å². The van der Waals surface area contributed by atoms with Crippen LogP contribution in [0.5, 0.6) is 17.4 Å². The van der Waals surface area contributed by atoms with Crippen molar-refractivity contribution in [3.8, 4) is 17.4 Å². The zero-order chi connectivity index (χ0) is 18.2. The van der Waals surface area contributed by atoms with Crippen LogP contribution in [0.25, 0.3) is 0 Å². The second-order valence-electron chi connectivity index (χ2n) is 6.27. The van der Waals surface area contributed by atoms with Crippen molar-refractivity contribution in [2.75, 3.05) is 6.61 Å². The van der Waals surface area contributed by atoms with Crippen LogP contribution in [0.3, 0.4) is 0 Å². The highest BCUT2D eigenvalue weighted by Crippen LogP contribution is 2.24. The van der Waals surface area contributed by atoms with Crippen molar-refractivity contribution in [2.24, 2.45) is 4.99 Å². The molecular formula is C20H25N3O3. The number of aromatic nitrogens is 1. The van der Waals surface area contributed by atoms with Crippen molar-refractivity contribution in [1.82, 2.24) is 10.5 Å². The molecule has 1 aliphatic rings. The van der Waals surface area contributed by atoms with Gasteiger partial charge in [0.2, 0.25) is 5.88 Å². The summed E-state index contributed by atoms with van der Waals surface area (Å²) >= 11 is 0. The number of ether oxygens (including phenoxy) is 2. The molecule has 138 valence electrons. The fourth-order valence-electron chi connectivity index (χ4n) is 3.06. The third-order valence-corrected chi connectivity index (χ3v) is 4.36. The van der Waals surface area contributed by atoms with Gasteiger partial charge in [-0.15, -0.1) is 0 Å². The number of pyridine rings is 1. The van der Waals surface area contributed by atoms with Gasteiger partial charge in [0, 0.05) is 17.8 Å². The van der Waals surface area contributed by atoms with E-state index in [-0.39, 0.29) is 6.04 Å². The van der Waals surface area contributed by atoms with Gasteiger partial charge >= 0.3 is 0 Å². The average molecular weight is 355 g/mol. The Morgan fingerprint density at radius 2 is 1.88 bits per heavy atom. The lowest BCUT2D eigenvalue weighted by atomic mass is 9.96. The minimum absolute atomic E-state index is 0.252. The predicted molar refractivity (Wildman–Crippen MR) is 100 cm³/mol. The molecule has 0 atom stereocenters. The van der Waals surface area contributed by atoms with E-state index in [1.165, 1.54) is 19.3 Å². The Kier molecular flexibility index (Phi) is 6.44. The number of hydrogen-bond acceptors (Lipinski definition) is 5. The largest absolute Gasteiger partial charge is 0.494 e. The molecule has 0 radical (unpaired) electrons. The fourth-order valence-corrected chi connectivity index (χ4v) is 3.06. The molecule has 1 aromatic carbocycles. The predicted octanol–water partition coefficient (Wildman–Crippen LogP) is 4.33. The maximum absolute atomic E-state index is 9.52. The van der Waals surface area contributed by atoms with E-state index in [2.05, 4.69) is 15.5 Å². The van der Waals surface area contributed by atoms with Gasteiger partial charge in [-0.3, -0.25) is 15.7 Å². The van der Waals surface area contributed by atoms with Crippen LogP contribution < -0.4 is 15.0 Å². The summed E-state index contributed by atoms with van der Waals surface area (Å²) in [5, 5.41) is 9.52. The van der Waals surface area contributed by atoms with E-state index in [0.29, 0.717) is 24.1 Å². The molecule has 3 rings (SSSR count). The van der Waals surface area contributed by atoms with Crippen LogP contribution in [0.15, 0.2) is 47.6 Å². The molecule has 26 heavy (non-hydrogen) atoms. The SMILES string of the molecule is CCOc1ccc(Oc2cc(C(=NC3CCCCC3)NO)ccn2)cc1. The van der Waals surface area contributed by atoms with Crippen LogP contribution in [0.1, 0.15) is 44.6 Å². The van der Waals surface area contributed by atoms with Crippen molar-refractivity contribution in [3.63, 3.8) is 0 Å². The van der Waals surface area contributed by atoms with E-state index in [4.69, 9.17) is 9.47 Å². The van der Waals surface area contributed by atoms with Gasteiger partial charge in [-0.05, 0) is 50.1 Å². The molecular weight excluding hydrogens is 330 g/mol. The lowest BCUT2D eigenvalue weighted by molar-refractivity contribution is 0.233. The number of hydrogen-bond donors (Lipinski definition) is 2. The third kappa shape index (κ3) is 4.95. The van der Waals surface area contributed by atoms with E-state index < -0.39 is 0 Å². The molecule has 0 bridgehead atoms. The first-order valence-corrected chi connectivity index (χ1v) is 9.13. The number of rotatable bonds is 6. The van der Waals surface area contributed by atoms with Crippen molar-refractivity contribution in [2.45, 2.75) is 45.1 Å². The Bertz CT molecular complexity index is 725. The Balaban J connectivity index is 1.73. The van der Waals surface area contributed by atoms with Gasteiger partial charge in [-0.1, -0.05) is 19.3 Å². The molecule has 0 unspecified atom stereocenters. The quantitative estimate of drug-likeness (QED) is 0.458. The van der Waals surface area contributed by atoms with Crippen molar-refractivity contribution in [1.29, 1.82) is 0 Å². The monoisotopic (exact) mass is 355 g/mol. The van der Waals surface area contributed by atoms with E-state index in [9.17, 15) is 5.21 Å². The minimum atomic E-state index is 0.252. The third-order valence-electron chi connectivity index (χ3n) is 4.36. The molecule has 0 saturated heterocycles. The maximum Gasteiger partial charge on any atom is 0.219 e. The van der Waals surface area contributed by atoms with Crippen LogP contribution in [0, 0.1) is 0 Å². The summed E-state index contributed by atoms with van der Waals surface area (Å²) in [4.78, 5) is 8.90. The Hall–Kier alpha value is -2.60. The number of nitrogens with one attached hydrogen (secondary N) is 1. The summed E-state index contributed by atoms with van der Waals surface area (Å²) in [7, 11) is 0. The van der Waals surface area contributed by atoms with Crippen molar-refractivity contribution < 1.29 is 14.7 Å². The standard InChI is InChI=1S/C20H25N3O3/c1-2-25-17-8-10-18(11-9-17)26-19-14-15(12-13-21-19)20(23-24)22-16-6-4-3-5-7-16/h8-14,16,24H,2-7H2,1H3,(H,22,23). The summed E-state index contributed by atoms with van der Waals surface area (Å²) in [6.07, 6.45) is 7.42. The molecule has 1 aromatic heterocycles. The number of aliphatic imine (C=N–C) groups is 1. The van der Waals surface area contributed by atoms with Gasteiger partial charge in [0.25, 0.3) is 0 Å². The lowest BCUT2D eigenvalue weighted by Crippen LogP contribution is -2.24. The zero-order valence-corrected chi connectivity index (χ0v) is 15.0. The van der Waals surface area contributed by atoms with Gasteiger partial charge in [-0.25, -0.2) is 4.98 Å². The Morgan fingerprint density at radius 3 is 2.58 bits per heavy atom. The Morgan fingerprint density at radius 1 is 1.15 bits per heavy atom. The van der Waals surface area contributed by atoms with Gasteiger partial charge < -0.3 is 9.47 Å². The highest BCUT2D eigenvalue weighted by Gasteiger charge is 2.14. The molecule has 0 aliphatic heterocycles. The molecule has 0 spiro atoms. The highest BCUT2D eigenvalue weighted by atomic mass is 16.5. The van der Waals surface area contributed by atoms with E-state index >= 15 is 0 Å². The van der Waals surface area contributed by atoms with Gasteiger partial charge in [0.1, 0.15) is 11.5 Å². The summed E-state index contributed by atoms with van der Waals surface area (Å²) in [6.45, 7) is 2.57. The van der Waals surface area contributed by atoms with Crippen LogP contribution >= 0.6 is 0 Å². The molecule has 6 nitrogen and oxygen atoms in total. The molecule has 2 aromatic rings. The van der Waals surface area contributed by atoms with E-state index in [1.54, 1.807) is 18.3 Å². The fraction of sp³-hybridized carbons (Fsp3) is 0.400. The first-order valence-electron chi connectivity index (χ1n) is 9.13. The van der Waals surface area contributed by atoms with Crippen LogP contribution in [0.2, 0.25) is 0 Å². The van der Waals surface area contributed by atoms with Crippen molar-refractivity contribution in [3.05, 3.63) is 48.2 Å². The zero-order valence-electron chi connectivity index (χ0n) is 15.0. The lowest BCUT2D eigenvalue weighted by Gasteiger charge is -2.19. The van der Waals surface area contributed by atoms with Crippen LogP contribution in [-0.2, 0) is 0 Å². The molecule has 2 N–H and O–H groups in total. The normalized spacial score (nSPS) is 15.5. The number of benzene rings is 1.